The van der Waals surface area contributed by atoms with Gasteiger partial charge in [-0.2, -0.15) is 8.78 Å². The molecular formula is C28H31F5O. The molecule has 0 radical (unpaired) electrons. The number of alkyl halides is 2. The van der Waals surface area contributed by atoms with Gasteiger partial charge in [-0.15, -0.1) is 0 Å². The van der Waals surface area contributed by atoms with Crippen molar-refractivity contribution in [1.82, 2.24) is 0 Å². The molecule has 0 amide bonds. The smallest absolute Gasteiger partial charge is 0.400 e. The molecule has 0 aromatic heterocycles. The van der Waals surface area contributed by atoms with Gasteiger partial charge in [0, 0.05) is 5.56 Å². The van der Waals surface area contributed by atoms with Crippen LogP contribution in [0.3, 0.4) is 0 Å². The third-order valence-corrected chi connectivity index (χ3v) is 7.37. The van der Waals surface area contributed by atoms with Gasteiger partial charge in [0.2, 0.25) is 0 Å². The van der Waals surface area contributed by atoms with Gasteiger partial charge in [-0.25, -0.2) is 13.2 Å². The maximum absolute atomic E-state index is 14.6. The minimum Gasteiger partial charge on any atom is -0.432 e. The third kappa shape index (κ3) is 6.00. The highest BCUT2D eigenvalue weighted by molar-refractivity contribution is 5.29. The second-order valence-corrected chi connectivity index (χ2v) is 9.87. The van der Waals surface area contributed by atoms with E-state index in [4.69, 9.17) is 4.74 Å². The minimum absolute atomic E-state index is 0.0329. The Labute approximate surface area is 198 Å². The van der Waals surface area contributed by atoms with Gasteiger partial charge < -0.3 is 4.74 Å². The summed E-state index contributed by atoms with van der Waals surface area (Å²) in [7, 11) is 0. The molecule has 0 heterocycles. The van der Waals surface area contributed by atoms with E-state index in [1.54, 1.807) is 6.92 Å². The van der Waals surface area contributed by atoms with E-state index >= 15 is 0 Å². The first-order valence-corrected chi connectivity index (χ1v) is 12.2. The normalized spacial score (nSPS) is 26.1. The lowest BCUT2D eigenvalue weighted by Crippen LogP contribution is -2.37. The average Bonchev–Trinajstić information content (AvgIpc) is 2.79. The Morgan fingerprint density at radius 3 is 1.79 bits per heavy atom. The number of hydrogen-bond acceptors (Lipinski definition) is 1. The van der Waals surface area contributed by atoms with E-state index in [9.17, 15) is 22.0 Å². The molecule has 2 fully saturated rings. The largest absolute Gasteiger partial charge is 0.432 e. The van der Waals surface area contributed by atoms with Crippen LogP contribution >= 0.6 is 0 Å². The Balaban J connectivity index is 1.24. The summed E-state index contributed by atoms with van der Waals surface area (Å²) in [4.78, 5) is 0. The highest BCUT2D eigenvalue weighted by Crippen LogP contribution is 2.42. The molecule has 1 nitrogen and oxygen atoms in total. The molecule has 2 aromatic carbocycles. The first-order valence-electron chi connectivity index (χ1n) is 12.2. The zero-order chi connectivity index (χ0) is 24.3. The molecule has 6 heteroatoms. The summed E-state index contributed by atoms with van der Waals surface area (Å²) in [6, 6.07) is 7.44. The number of hydrogen-bond donors (Lipinski definition) is 0. The van der Waals surface area contributed by atoms with Gasteiger partial charge in [0.05, 0.1) is 5.92 Å². The van der Waals surface area contributed by atoms with Gasteiger partial charge in [0.1, 0.15) is 23.2 Å². The molecule has 2 aliphatic carbocycles. The van der Waals surface area contributed by atoms with Crippen molar-refractivity contribution in [2.75, 3.05) is 0 Å². The molecule has 2 saturated carbocycles. The summed E-state index contributed by atoms with van der Waals surface area (Å²) in [5.41, 5.74) is 0.806. The standard InChI is InChI=1S/C28H31F5O/c1-18-16-25(30)27(26(31)17-18)21-8-4-19(5-9-21)2-3-20-6-10-22(11-7-20)28(32,33)34-24-14-12-23(29)13-15-24/h2-3,12-17,19-22H,4-11H2,1H3/b3-2+. The van der Waals surface area contributed by atoms with Crippen LogP contribution < -0.4 is 4.74 Å². The number of benzene rings is 2. The predicted molar refractivity (Wildman–Crippen MR) is 122 cm³/mol. The van der Waals surface area contributed by atoms with Crippen molar-refractivity contribution in [3.05, 3.63) is 77.1 Å². The number of allylic oxidation sites excluding steroid dienone is 2. The number of ether oxygens (including phenoxy) is 1. The molecular weight excluding hydrogens is 447 g/mol. The van der Waals surface area contributed by atoms with E-state index in [0.717, 1.165) is 37.8 Å². The van der Waals surface area contributed by atoms with E-state index in [1.807, 2.05) is 0 Å². The molecule has 0 atom stereocenters. The summed E-state index contributed by atoms with van der Waals surface area (Å²) in [5, 5.41) is 0. The lowest BCUT2D eigenvalue weighted by Gasteiger charge is -2.32. The lowest BCUT2D eigenvalue weighted by molar-refractivity contribution is -0.223. The summed E-state index contributed by atoms with van der Waals surface area (Å²) in [5.74, 6) is -1.78. The fraction of sp³-hybridized carbons (Fsp3) is 0.500. The molecule has 0 saturated heterocycles. The fourth-order valence-electron chi connectivity index (χ4n) is 5.41. The van der Waals surface area contributed by atoms with E-state index in [0.29, 0.717) is 37.2 Å². The van der Waals surface area contributed by atoms with Crippen LogP contribution in [0.2, 0.25) is 0 Å². The Hall–Kier alpha value is -2.37. The number of aryl methyl sites for hydroxylation is 1. The molecule has 2 aliphatic rings. The molecule has 0 spiro atoms. The summed E-state index contributed by atoms with van der Waals surface area (Å²) < 4.78 is 75.6. The SMILES string of the molecule is Cc1cc(F)c(C2CCC(/C=C/C3CCC(C(F)(F)Oc4ccc(F)cc4)CC3)CC2)c(F)c1. The minimum atomic E-state index is -3.29. The van der Waals surface area contributed by atoms with Crippen LogP contribution in [-0.4, -0.2) is 6.11 Å². The first-order chi connectivity index (χ1) is 16.2. The van der Waals surface area contributed by atoms with Crippen molar-refractivity contribution in [1.29, 1.82) is 0 Å². The molecule has 0 N–H and O–H groups in total. The summed E-state index contributed by atoms with van der Waals surface area (Å²) >= 11 is 0. The van der Waals surface area contributed by atoms with Crippen molar-refractivity contribution in [3.8, 4) is 5.75 Å². The third-order valence-electron chi connectivity index (χ3n) is 7.37. The fourth-order valence-corrected chi connectivity index (χ4v) is 5.41. The van der Waals surface area contributed by atoms with Crippen LogP contribution in [0.1, 0.15) is 68.4 Å². The predicted octanol–water partition coefficient (Wildman–Crippen LogP) is 8.72. The van der Waals surface area contributed by atoms with Crippen molar-refractivity contribution >= 4 is 0 Å². The molecule has 184 valence electrons. The zero-order valence-corrected chi connectivity index (χ0v) is 19.4. The Bertz CT molecular complexity index is 961. The van der Waals surface area contributed by atoms with Crippen LogP contribution in [0, 0.1) is 42.1 Å². The molecule has 34 heavy (non-hydrogen) atoms. The van der Waals surface area contributed by atoms with Crippen molar-refractivity contribution in [2.45, 2.75) is 70.3 Å². The monoisotopic (exact) mass is 478 g/mol. The maximum Gasteiger partial charge on any atom is 0.400 e. The molecule has 4 rings (SSSR count). The molecule has 0 aliphatic heterocycles. The highest BCUT2D eigenvalue weighted by Gasteiger charge is 2.43. The van der Waals surface area contributed by atoms with Gasteiger partial charge in [-0.05, 0) is 118 Å². The number of halogens is 5. The lowest BCUT2D eigenvalue weighted by atomic mass is 9.77. The van der Waals surface area contributed by atoms with Gasteiger partial charge in [0.15, 0.2) is 0 Å². The van der Waals surface area contributed by atoms with E-state index in [-0.39, 0.29) is 23.1 Å². The van der Waals surface area contributed by atoms with Gasteiger partial charge in [-0.1, -0.05) is 12.2 Å². The highest BCUT2D eigenvalue weighted by atomic mass is 19.3. The van der Waals surface area contributed by atoms with Crippen molar-refractivity contribution in [2.24, 2.45) is 17.8 Å². The second-order valence-electron chi connectivity index (χ2n) is 9.87. The summed E-state index contributed by atoms with van der Waals surface area (Å²) in [6.45, 7) is 1.69. The Kier molecular flexibility index (Phi) is 7.63. The Morgan fingerprint density at radius 2 is 1.26 bits per heavy atom. The van der Waals surface area contributed by atoms with Crippen molar-refractivity contribution < 1.29 is 26.7 Å². The average molecular weight is 479 g/mol. The van der Waals surface area contributed by atoms with Crippen LogP contribution in [-0.2, 0) is 0 Å². The van der Waals surface area contributed by atoms with Crippen LogP contribution in [0.5, 0.6) is 5.75 Å². The van der Waals surface area contributed by atoms with Gasteiger partial charge in [0.25, 0.3) is 0 Å². The van der Waals surface area contributed by atoms with Crippen LogP contribution in [0.15, 0.2) is 48.6 Å². The van der Waals surface area contributed by atoms with E-state index < -0.39 is 29.5 Å². The summed E-state index contributed by atoms with van der Waals surface area (Å²) in [6.07, 6.45) is 6.31. The molecule has 2 aromatic rings. The van der Waals surface area contributed by atoms with Gasteiger partial charge in [-0.3, -0.25) is 0 Å². The second kappa shape index (κ2) is 10.5. The molecule has 0 bridgehead atoms. The van der Waals surface area contributed by atoms with Gasteiger partial charge >= 0.3 is 6.11 Å². The van der Waals surface area contributed by atoms with Crippen molar-refractivity contribution in [3.63, 3.8) is 0 Å². The molecule has 0 unspecified atom stereocenters. The van der Waals surface area contributed by atoms with E-state index in [1.165, 1.54) is 24.3 Å². The zero-order valence-electron chi connectivity index (χ0n) is 19.4. The van der Waals surface area contributed by atoms with Crippen LogP contribution in [0.4, 0.5) is 22.0 Å². The first kappa shape index (κ1) is 24.7. The quantitative estimate of drug-likeness (QED) is 0.298. The number of rotatable bonds is 6. The topological polar surface area (TPSA) is 9.23 Å². The maximum atomic E-state index is 14.6. The van der Waals surface area contributed by atoms with Crippen LogP contribution in [0.25, 0.3) is 0 Å². The van der Waals surface area contributed by atoms with E-state index in [2.05, 4.69) is 12.2 Å². The Morgan fingerprint density at radius 1 is 0.765 bits per heavy atom.